The van der Waals surface area contributed by atoms with Crippen molar-refractivity contribution in [2.45, 2.75) is 12.4 Å². The van der Waals surface area contributed by atoms with Gasteiger partial charge in [0, 0.05) is 33.0 Å². The van der Waals surface area contributed by atoms with Gasteiger partial charge in [0.15, 0.2) is 29.1 Å². The molecule has 2 heterocycles. The van der Waals surface area contributed by atoms with Crippen molar-refractivity contribution in [1.82, 2.24) is 19.5 Å². The van der Waals surface area contributed by atoms with Crippen molar-refractivity contribution < 1.29 is 35.1 Å². The topological polar surface area (TPSA) is 43.6 Å². The first-order valence-corrected chi connectivity index (χ1v) is 18.1. The summed E-state index contributed by atoms with van der Waals surface area (Å²) >= 11 is 0. The average Bonchev–Trinajstić information content (AvgIpc) is 3.57. The second-order valence-corrected chi connectivity index (χ2v) is 13.7. The molecule has 9 rings (SSSR count). The minimum absolute atomic E-state index is 0.0143. The molecule has 0 N–H and O–H groups in total. The van der Waals surface area contributed by atoms with E-state index in [1.165, 1.54) is 24.3 Å². The molecule has 0 aliphatic rings. The second-order valence-electron chi connectivity index (χ2n) is 13.7. The summed E-state index contributed by atoms with van der Waals surface area (Å²) in [5.74, 6) is -1.35. The second kappa shape index (κ2) is 14.3. The van der Waals surface area contributed by atoms with Crippen molar-refractivity contribution in [2.24, 2.45) is 0 Å². The van der Waals surface area contributed by atoms with Gasteiger partial charge in [0.1, 0.15) is 0 Å². The zero-order valence-corrected chi connectivity index (χ0v) is 30.3. The summed E-state index contributed by atoms with van der Waals surface area (Å²) in [4.78, 5) is 14.6. The van der Waals surface area contributed by atoms with Crippen molar-refractivity contribution in [2.75, 3.05) is 0 Å². The van der Waals surface area contributed by atoms with Crippen molar-refractivity contribution in [3.8, 4) is 62.1 Å². The van der Waals surface area contributed by atoms with Crippen molar-refractivity contribution in [3.63, 3.8) is 0 Å². The quantitative estimate of drug-likeness (QED) is 0.157. The zero-order chi connectivity index (χ0) is 41.1. The molecule has 0 aliphatic heterocycles. The molecule has 0 amide bonds. The molecular formula is C47H26F8N4. The first kappa shape index (κ1) is 37.4. The number of hydrogen-bond donors (Lipinski definition) is 0. The number of nitrogens with zero attached hydrogens (tertiary/aromatic N) is 4. The van der Waals surface area contributed by atoms with Crippen molar-refractivity contribution >= 4 is 21.8 Å². The molecule has 12 heteroatoms. The molecule has 0 bridgehead atoms. The van der Waals surface area contributed by atoms with E-state index in [0.29, 0.717) is 61.9 Å². The molecule has 4 nitrogen and oxygen atoms in total. The SMILES string of the molecule is Fc1cccc(-c2ccc(-n3c4ccccc4c4ccc(-c5ccc(C(F)(F)F)cc5C(F)(F)F)cc43)c(-c3nc(-c4ccccc4)nc(-c4ccccc4)n3)c2)c1F. The molecule has 0 radical (unpaired) electrons. The molecule has 0 fully saturated rings. The van der Waals surface area contributed by atoms with E-state index in [2.05, 4.69) is 0 Å². The van der Waals surface area contributed by atoms with Crippen LogP contribution in [0.25, 0.3) is 83.9 Å². The van der Waals surface area contributed by atoms with Gasteiger partial charge in [-0.3, -0.25) is 0 Å². The molecule has 0 saturated heterocycles. The molecule has 59 heavy (non-hydrogen) atoms. The van der Waals surface area contributed by atoms with E-state index in [1.54, 1.807) is 41.0 Å². The lowest BCUT2D eigenvalue weighted by molar-refractivity contribution is -0.142. The van der Waals surface area contributed by atoms with E-state index in [1.807, 2.05) is 72.8 Å². The van der Waals surface area contributed by atoms with Gasteiger partial charge in [0.05, 0.1) is 27.8 Å². The molecular weight excluding hydrogens is 773 g/mol. The fourth-order valence-electron chi connectivity index (χ4n) is 7.34. The highest BCUT2D eigenvalue weighted by Crippen LogP contribution is 2.44. The number of benzene rings is 7. The Kier molecular flexibility index (Phi) is 9.07. The smallest absolute Gasteiger partial charge is 0.308 e. The maximum atomic E-state index is 15.4. The van der Waals surface area contributed by atoms with Crippen LogP contribution in [-0.2, 0) is 12.4 Å². The van der Waals surface area contributed by atoms with E-state index in [0.717, 1.165) is 12.1 Å². The Morgan fingerprint density at radius 2 is 1.00 bits per heavy atom. The normalized spacial score (nSPS) is 12.1. The number of halogens is 8. The number of fused-ring (bicyclic) bond motifs is 3. The largest absolute Gasteiger partial charge is 0.417 e. The third kappa shape index (κ3) is 6.86. The van der Waals surface area contributed by atoms with Gasteiger partial charge >= 0.3 is 12.4 Å². The summed E-state index contributed by atoms with van der Waals surface area (Å²) in [7, 11) is 0. The summed E-state index contributed by atoms with van der Waals surface area (Å²) in [5, 5.41) is 1.34. The first-order chi connectivity index (χ1) is 28.3. The van der Waals surface area contributed by atoms with Crippen LogP contribution in [0.5, 0.6) is 0 Å². The van der Waals surface area contributed by atoms with Crippen LogP contribution in [0.1, 0.15) is 11.1 Å². The Labute approximate surface area is 330 Å². The maximum Gasteiger partial charge on any atom is 0.417 e. The Hall–Kier alpha value is -7.21. The summed E-state index contributed by atoms with van der Waals surface area (Å²) < 4.78 is 116. The zero-order valence-electron chi connectivity index (χ0n) is 30.3. The molecule has 290 valence electrons. The minimum atomic E-state index is -5.11. The van der Waals surface area contributed by atoms with E-state index in [-0.39, 0.29) is 28.6 Å². The highest BCUT2D eigenvalue weighted by Gasteiger charge is 2.38. The van der Waals surface area contributed by atoms with Gasteiger partial charge in [-0.15, -0.1) is 0 Å². The van der Waals surface area contributed by atoms with E-state index in [9.17, 15) is 30.7 Å². The van der Waals surface area contributed by atoms with Gasteiger partial charge < -0.3 is 4.57 Å². The van der Waals surface area contributed by atoms with Gasteiger partial charge in [-0.05, 0) is 59.2 Å². The summed E-state index contributed by atoms with van der Waals surface area (Å²) in [5.41, 5.74) is 0.0605. The molecule has 0 atom stereocenters. The van der Waals surface area contributed by atoms with E-state index >= 15 is 4.39 Å². The molecule has 0 unspecified atom stereocenters. The van der Waals surface area contributed by atoms with Crippen LogP contribution in [0.2, 0.25) is 0 Å². The number of aromatic nitrogens is 4. The first-order valence-electron chi connectivity index (χ1n) is 18.1. The molecule has 0 saturated carbocycles. The van der Waals surface area contributed by atoms with Gasteiger partial charge in [0.25, 0.3) is 0 Å². The third-order valence-electron chi connectivity index (χ3n) is 10.1. The Bertz CT molecular complexity index is 2990. The summed E-state index contributed by atoms with van der Waals surface area (Å²) in [6.45, 7) is 0. The predicted octanol–water partition coefficient (Wildman–Crippen LogP) is 13.6. The third-order valence-corrected chi connectivity index (χ3v) is 10.1. The monoisotopic (exact) mass is 798 g/mol. The van der Waals surface area contributed by atoms with Gasteiger partial charge in [0.2, 0.25) is 0 Å². The van der Waals surface area contributed by atoms with E-state index < -0.39 is 40.7 Å². The van der Waals surface area contributed by atoms with Crippen LogP contribution in [0.15, 0.2) is 158 Å². The van der Waals surface area contributed by atoms with Gasteiger partial charge in [-0.2, -0.15) is 26.3 Å². The van der Waals surface area contributed by atoms with Crippen molar-refractivity contribution in [1.29, 1.82) is 0 Å². The highest BCUT2D eigenvalue weighted by atomic mass is 19.4. The molecule has 9 aromatic rings. The van der Waals surface area contributed by atoms with Gasteiger partial charge in [-0.25, -0.2) is 23.7 Å². The summed E-state index contributed by atoms with van der Waals surface area (Å²) in [6.07, 6.45) is -10.1. The van der Waals surface area contributed by atoms with Gasteiger partial charge in [-0.1, -0.05) is 115 Å². The number of para-hydroxylation sites is 1. The van der Waals surface area contributed by atoms with Crippen LogP contribution in [0.3, 0.4) is 0 Å². The molecule has 0 aliphatic carbocycles. The number of hydrogen-bond acceptors (Lipinski definition) is 3. The van der Waals surface area contributed by atoms with Crippen LogP contribution in [0.4, 0.5) is 35.1 Å². The lowest BCUT2D eigenvalue weighted by Crippen LogP contribution is -2.12. The number of alkyl halides is 6. The Balaban J connectivity index is 1.36. The molecule has 0 spiro atoms. The minimum Gasteiger partial charge on any atom is -0.308 e. The summed E-state index contributed by atoms with van der Waals surface area (Å²) in [6, 6.07) is 40.4. The van der Waals surface area contributed by atoms with E-state index in [4.69, 9.17) is 15.0 Å². The number of rotatable bonds is 6. The highest BCUT2D eigenvalue weighted by molar-refractivity contribution is 6.10. The molecule has 7 aromatic carbocycles. The lowest BCUT2D eigenvalue weighted by atomic mass is 9.96. The average molecular weight is 799 g/mol. The Morgan fingerprint density at radius 1 is 0.407 bits per heavy atom. The standard InChI is InChI=1S/C47H26F8N4/c48-38-16-9-15-33(42(38)49)29-19-23-40(36(24-29)45-57-43(27-10-3-1-4-11-27)56-44(58-45)28-12-5-2-6-13-28)59-39-17-8-7-14-34(39)35-21-18-30(25-41(35)59)32-22-20-31(46(50,51)52)26-37(32)47(53,54)55/h1-26H. The van der Waals surface area contributed by atoms with Crippen LogP contribution in [-0.4, -0.2) is 19.5 Å². The maximum absolute atomic E-state index is 15.4. The fraction of sp³-hybridized carbons (Fsp3) is 0.0426. The van der Waals surface area contributed by atoms with Crippen LogP contribution < -0.4 is 0 Å². The lowest BCUT2D eigenvalue weighted by Gasteiger charge is -2.18. The van der Waals surface area contributed by atoms with Crippen LogP contribution >= 0.6 is 0 Å². The molecule has 2 aromatic heterocycles. The fourth-order valence-corrected chi connectivity index (χ4v) is 7.34. The Morgan fingerprint density at radius 3 is 1.66 bits per heavy atom. The van der Waals surface area contributed by atoms with Crippen molar-refractivity contribution in [3.05, 3.63) is 180 Å². The predicted molar refractivity (Wildman–Crippen MR) is 211 cm³/mol. The van der Waals surface area contributed by atoms with Crippen LogP contribution in [0, 0.1) is 11.6 Å².